The zero-order chi connectivity index (χ0) is 10.8. The molecule has 0 saturated carbocycles. The minimum atomic E-state index is -3.23. The molecule has 0 bridgehead atoms. The van der Waals surface area contributed by atoms with Crippen LogP contribution in [0.1, 0.15) is 6.92 Å². The Hall–Kier alpha value is -0.900. The summed E-state index contributed by atoms with van der Waals surface area (Å²) < 4.78 is 41.6. The van der Waals surface area contributed by atoms with E-state index in [9.17, 15) is 13.2 Å². The molecule has 0 aliphatic rings. The molecule has 0 amide bonds. The number of halogens is 4. The van der Waals surface area contributed by atoms with Gasteiger partial charge in [-0.3, -0.25) is 0 Å². The van der Waals surface area contributed by atoms with Crippen molar-refractivity contribution in [2.75, 3.05) is 0 Å². The molecular formula is C9H7ClF3O. The van der Waals surface area contributed by atoms with Gasteiger partial charge in [-0.05, 0) is 18.2 Å². The van der Waals surface area contributed by atoms with Crippen molar-refractivity contribution in [2.24, 2.45) is 0 Å². The van der Waals surface area contributed by atoms with E-state index in [2.05, 4.69) is 10.8 Å². The van der Waals surface area contributed by atoms with Gasteiger partial charge in [0.1, 0.15) is 5.75 Å². The molecule has 1 aromatic carbocycles. The van der Waals surface area contributed by atoms with E-state index in [4.69, 9.17) is 11.6 Å². The largest absolute Gasteiger partial charge is 0.451 e. The fourth-order valence-electron chi connectivity index (χ4n) is 0.738. The number of rotatable bonds is 3. The van der Waals surface area contributed by atoms with Crippen LogP contribution in [-0.2, 0) is 0 Å². The van der Waals surface area contributed by atoms with Crippen LogP contribution in [-0.4, -0.2) is 12.3 Å². The fraction of sp³-hybridized carbons (Fsp3) is 0.333. The molecule has 0 aliphatic heterocycles. The third-order valence-corrected chi connectivity index (χ3v) is 1.77. The van der Waals surface area contributed by atoms with Gasteiger partial charge in [0, 0.05) is 6.92 Å². The van der Waals surface area contributed by atoms with E-state index >= 15 is 0 Å². The van der Waals surface area contributed by atoms with Gasteiger partial charge in [0.25, 0.3) is 0 Å². The summed E-state index contributed by atoms with van der Waals surface area (Å²) in [6.45, 7) is 0.644. The first-order valence-corrected chi connectivity index (χ1v) is 4.13. The molecule has 1 atom stereocenters. The van der Waals surface area contributed by atoms with E-state index in [1.165, 1.54) is 18.2 Å². The lowest BCUT2D eigenvalue weighted by molar-refractivity contribution is -0.152. The Kier molecular flexibility index (Phi) is 3.26. The molecule has 14 heavy (non-hydrogen) atoms. The summed E-state index contributed by atoms with van der Waals surface area (Å²) in [6.07, 6.45) is -3.23. The van der Waals surface area contributed by atoms with Crippen molar-refractivity contribution in [3.8, 4) is 5.75 Å². The molecule has 0 fully saturated rings. The van der Waals surface area contributed by atoms with E-state index in [1.807, 2.05) is 0 Å². The van der Waals surface area contributed by atoms with Gasteiger partial charge in [0.05, 0.1) is 5.02 Å². The number of alkyl halides is 3. The third kappa shape index (κ3) is 2.54. The molecule has 0 aliphatic carbocycles. The smallest absolute Gasteiger partial charge is 0.306 e. The molecule has 5 heteroatoms. The van der Waals surface area contributed by atoms with Crippen LogP contribution in [0.4, 0.5) is 13.2 Å². The second kappa shape index (κ2) is 4.09. The summed E-state index contributed by atoms with van der Waals surface area (Å²) in [5.41, 5.74) is 0. The summed E-state index contributed by atoms with van der Waals surface area (Å²) in [7, 11) is 0. The summed E-state index contributed by atoms with van der Waals surface area (Å²) >= 11 is 5.57. The van der Waals surface area contributed by atoms with Crippen LogP contribution in [0.3, 0.4) is 0 Å². The Morgan fingerprint density at radius 3 is 2.71 bits per heavy atom. The molecule has 1 rings (SSSR count). The number of benzene rings is 1. The maximum atomic E-state index is 13.0. The van der Waals surface area contributed by atoms with Crippen LogP contribution < -0.4 is 4.74 Å². The molecular weight excluding hydrogens is 217 g/mol. The second-order valence-corrected chi connectivity index (χ2v) is 3.15. The minimum Gasteiger partial charge on any atom is -0.451 e. The van der Waals surface area contributed by atoms with Gasteiger partial charge in [-0.25, -0.2) is 8.78 Å². The predicted molar refractivity (Wildman–Crippen MR) is 46.4 cm³/mol. The molecule has 1 nitrogen and oxygen atoms in total. The van der Waals surface area contributed by atoms with Crippen LogP contribution in [0.5, 0.6) is 5.75 Å². The average molecular weight is 224 g/mol. The highest BCUT2D eigenvalue weighted by Gasteiger charge is 2.37. The first-order valence-electron chi connectivity index (χ1n) is 3.75. The standard InChI is InChI=1S/C9H7ClF3O/c1-9(13,8(11)12)14-7-5-3-2-4-6(7)10/h3-5,8H,1H3. The van der Waals surface area contributed by atoms with Gasteiger partial charge in [0.2, 0.25) is 0 Å². The maximum absolute atomic E-state index is 13.0. The molecule has 0 heterocycles. The van der Waals surface area contributed by atoms with Gasteiger partial charge in [-0.15, -0.1) is 0 Å². The van der Waals surface area contributed by atoms with Crippen molar-refractivity contribution in [2.45, 2.75) is 19.2 Å². The minimum absolute atomic E-state index is 0.0389. The van der Waals surface area contributed by atoms with Gasteiger partial charge < -0.3 is 4.74 Å². The lowest BCUT2D eigenvalue weighted by atomic mass is 10.3. The molecule has 1 radical (unpaired) electrons. The SMILES string of the molecule is CC(F)(Oc1cc[c]cc1Cl)C(F)F. The zero-order valence-corrected chi connectivity index (χ0v) is 7.99. The average Bonchev–Trinajstić information content (AvgIpc) is 2.08. The highest BCUT2D eigenvalue weighted by atomic mass is 35.5. The number of ether oxygens (including phenoxy) is 1. The van der Waals surface area contributed by atoms with E-state index in [0.717, 1.165) is 0 Å². The Morgan fingerprint density at radius 2 is 2.21 bits per heavy atom. The molecule has 1 unspecified atom stereocenters. The van der Waals surface area contributed by atoms with Crippen LogP contribution in [0.25, 0.3) is 0 Å². The monoisotopic (exact) mass is 223 g/mol. The predicted octanol–water partition coefficient (Wildman–Crippen LogP) is 3.47. The van der Waals surface area contributed by atoms with E-state index in [0.29, 0.717) is 6.92 Å². The summed E-state index contributed by atoms with van der Waals surface area (Å²) in [4.78, 5) is 0. The van der Waals surface area contributed by atoms with Gasteiger partial charge in [-0.1, -0.05) is 17.7 Å². The topological polar surface area (TPSA) is 9.23 Å². The Morgan fingerprint density at radius 1 is 1.57 bits per heavy atom. The summed E-state index contributed by atoms with van der Waals surface area (Å²) in [5.74, 6) is -3.17. The van der Waals surface area contributed by atoms with E-state index < -0.39 is 12.3 Å². The fourth-order valence-corrected chi connectivity index (χ4v) is 0.903. The Labute approximate surface area is 84.4 Å². The van der Waals surface area contributed by atoms with Crippen molar-refractivity contribution < 1.29 is 17.9 Å². The van der Waals surface area contributed by atoms with Crippen molar-refractivity contribution in [3.63, 3.8) is 0 Å². The Bertz CT molecular complexity index is 315. The van der Waals surface area contributed by atoms with Crippen molar-refractivity contribution in [1.29, 1.82) is 0 Å². The highest BCUT2D eigenvalue weighted by molar-refractivity contribution is 6.32. The molecule has 1 aromatic rings. The molecule has 0 N–H and O–H groups in total. The maximum Gasteiger partial charge on any atom is 0.306 e. The normalized spacial score (nSPS) is 15.3. The first-order chi connectivity index (χ1) is 6.43. The second-order valence-electron chi connectivity index (χ2n) is 2.75. The first kappa shape index (κ1) is 11.2. The molecule has 0 aromatic heterocycles. The quantitative estimate of drug-likeness (QED) is 0.763. The van der Waals surface area contributed by atoms with Crippen LogP contribution in [0, 0.1) is 6.07 Å². The summed E-state index contributed by atoms with van der Waals surface area (Å²) in [6, 6.07) is 6.56. The van der Waals surface area contributed by atoms with Crippen LogP contribution >= 0.6 is 11.6 Å². The van der Waals surface area contributed by atoms with Gasteiger partial charge >= 0.3 is 12.3 Å². The van der Waals surface area contributed by atoms with Gasteiger partial charge in [0.15, 0.2) is 0 Å². The highest BCUT2D eigenvalue weighted by Crippen LogP contribution is 2.30. The Balaban J connectivity index is 2.84. The molecule has 77 valence electrons. The lowest BCUT2D eigenvalue weighted by Crippen LogP contribution is -2.35. The summed E-state index contributed by atoms with van der Waals surface area (Å²) in [5, 5.41) is 0.0389. The van der Waals surface area contributed by atoms with Gasteiger partial charge in [-0.2, -0.15) is 4.39 Å². The van der Waals surface area contributed by atoms with Crippen molar-refractivity contribution in [1.82, 2.24) is 0 Å². The van der Waals surface area contributed by atoms with Crippen LogP contribution in [0.15, 0.2) is 18.2 Å². The number of hydrogen-bond donors (Lipinski definition) is 0. The van der Waals surface area contributed by atoms with Crippen molar-refractivity contribution >= 4 is 11.6 Å². The number of hydrogen-bond acceptors (Lipinski definition) is 1. The van der Waals surface area contributed by atoms with E-state index in [-0.39, 0.29) is 10.8 Å². The third-order valence-electron chi connectivity index (χ3n) is 1.48. The molecule has 0 saturated heterocycles. The lowest BCUT2D eigenvalue weighted by Gasteiger charge is -2.21. The molecule has 0 spiro atoms. The van der Waals surface area contributed by atoms with Crippen LogP contribution in [0.2, 0.25) is 5.02 Å². The zero-order valence-electron chi connectivity index (χ0n) is 7.23. The van der Waals surface area contributed by atoms with Crippen molar-refractivity contribution in [3.05, 3.63) is 29.3 Å². The van der Waals surface area contributed by atoms with E-state index in [1.54, 1.807) is 0 Å².